The first-order chi connectivity index (χ1) is 11.9. The summed E-state index contributed by atoms with van der Waals surface area (Å²) in [5.41, 5.74) is 1.52. The van der Waals surface area contributed by atoms with Crippen LogP contribution in [0.15, 0.2) is 36.5 Å². The molecule has 132 valence electrons. The highest BCUT2D eigenvalue weighted by Gasteiger charge is 2.36. The maximum Gasteiger partial charge on any atom is 0.273 e. The standard InChI is InChI=1S/C18H19F2N3O2/c1-22(2)12-5-6-21-16(8-12)18(25)23-10-13(24)9-17(23)11-3-4-14(19)15(20)7-11/h3-8,13,17,24H,9-10H2,1-2H3/t13-,17+/m1/s1. The number of nitrogens with zero attached hydrogens (tertiary/aromatic N) is 3. The van der Waals surface area contributed by atoms with Crippen LogP contribution in [0.3, 0.4) is 0 Å². The Morgan fingerprint density at radius 2 is 2.00 bits per heavy atom. The third kappa shape index (κ3) is 3.46. The largest absolute Gasteiger partial charge is 0.391 e. The van der Waals surface area contributed by atoms with E-state index in [1.54, 1.807) is 18.3 Å². The van der Waals surface area contributed by atoms with Crippen molar-refractivity contribution in [2.75, 3.05) is 25.5 Å². The van der Waals surface area contributed by atoms with Gasteiger partial charge in [-0.15, -0.1) is 0 Å². The number of anilines is 1. The number of aromatic nitrogens is 1. The zero-order valence-electron chi connectivity index (χ0n) is 14.0. The van der Waals surface area contributed by atoms with Crippen molar-refractivity contribution < 1.29 is 18.7 Å². The van der Waals surface area contributed by atoms with Crippen molar-refractivity contribution in [1.82, 2.24) is 9.88 Å². The highest BCUT2D eigenvalue weighted by Crippen LogP contribution is 2.34. The molecule has 1 aromatic heterocycles. The number of hydrogen-bond acceptors (Lipinski definition) is 4. The molecule has 25 heavy (non-hydrogen) atoms. The van der Waals surface area contributed by atoms with Crippen LogP contribution in [0.1, 0.15) is 28.5 Å². The molecule has 5 nitrogen and oxygen atoms in total. The Hall–Kier alpha value is -2.54. The molecule has 3 rings (SSSR count). The van der Waals surface area contributed by atoms with Gasteiger partial charge in [0, 0.05) is 32.5 Å². The molecule has 2 aromatic rings. The van der Waals surface area contributed by atoms with E-state index >= 15 is 0 Å². The van der Waals surface area contributed by atoms with Gasteiger partial charge in [0.1, 0.15) is 5.69 Å². The number of hydrogen-bond donors (Lipinski definition) is 1. The van der Waals surface area contributed by atoms with Gasteiger partial charge in [0.15, 0.2) is 11.6 Å². The van der Waals surface area contributed by atoms with Gasteiger partial charge < -0.3 is 14.9 Å². The summed E-state index contributed by atoms with van der Waals surface area (Å²) in [6.45, 7) is 0.121. The second-order valence-electron chi connectivity index (χ2n) is 6.33. The van der Waals surface area contributed by atoms with Gasteiger partial charge in [-0.1, -0.05) is 6.07 Å². The molecule has 1 N–H and O–H groups in total. The minimum atomic E-state index is -0.973. The zero-order valence-corrected chi connectivity index (χ0v) is 14.0. The average Bonchev–Trinajstić information content (AvgIpc) is 2.98. The molecule has 2 heterocycles. The summed E-state index contributed by atoms with van der Waals surface area (Å²) in [6, 6.07) is 6.45. The molecule has 1 saturated heterocycles. The van der Waals surface area contributed by atoms with Crippen LogP contribution in [0.5, 0.6) is 0 Å². The van der Waals surface area contributed by atoms with Crippen molar-refractivity contribution in [3.8, 4) is 0 Å². The Balaban J connectivity index is 1.92. The van der Waals surface area contributed by atoms with E-state index in [0.717, 1.165) is 17.8 Å². The lowest BCUT2D eigenvalue weighted by molar-refractivity contribution is 0.0709. The Kier molecular flexibility index (Phi) is 4.67. The van der Waals surface area contributed by atoms with Crippen LogP contribution < -0.4 is 4.90 Å². The summed E-state index contributed by atoms with van der Waals surface area (Å²) in [7, 11) is 3.71. The fourth-order valence-electron chi connectivity index (χ4n) is 3.04. The summed E-state index contributed by atoms with van der Waals surface area (Å²) in [4.78, 5) is 20.3. The smallest absolute Gasteiger partial charge is 0.273 e. The first kappa shape index (κ1) is 17.3. The van der Waals surface area contributed by atoms with Crippen molar-refractivity contribution in [1.29, 1.82) is 0 Å². The third-order valence-corrected chi connectivity index (χ3v) is 4.35. The topological polar surface area (TPSA) is 56.7 Å². The number of β-amino-alcohol motifs (C(OH)–C–C–N with tert-alkyl or cyclic N) is 1. The van der Waals surface area contributed by atoms with Crippen LogP contribution in [-0.4, -0.2) is 47.6 Å². The Bertz CT molecular complexity index is 798. The first-order valence-electron chi connectivity index (χ1n) is 7.94. The normalized spacial score (nSPS) is 20.0. The van der Waals surface area contributed by atoms with Gasteiger partial charge in [-0.2, -0.15) is 0 Å². The SMILES string of the molecule is CN(C)c1ccnc(C(=O)N2C[C@H](O)C[C@H]2c2ccc(F)c(F)c2)c1. The number of aliphatic hydroxyl groups excluding tert-OH is 1. The number of pyridine rings is 1. The lowest BCUT2D eigenvalue weighted by Crippen LogP contribution is -2.32. The van der Waals surface area contributed by atoms with Crippen LogP contribution in [0, 0.1) is 11.6 Å². The highest BCUT2D eigenvalue weighted by molar-refractivity contribution is 5.93. The van der Waals surface area contributed by atoms with E-state index in [2.05, 4.69) is 4.98 Å². The van der Waals surface area contributed by atoms with Gasteiger partial charge in [-0.05, 0) is 36.2 Å². The minimum Gasteiger partial charge on any atom is -0.391 e. The van der Waals surface area contributed by atoms with Crippen molar-refractivity contribution in [3.63, 3.8) is 0 Å². The van der Waals surface area contributed by atoms with E-state index in [0.29, 0.717) is 5.56 Å². The molecule has 1 aliphatic rings. The average molecular weight is 347 g/mol. The Morgan fingerprint density at radius 3 is 2.68 bits per heavy atom. The number of likely N-dealkylation sites (tertiary alicyclic amines) is 1. The second-order valence-corrected chi connectivity index (χ2v) is 6.33. The minimum absolute atomic E-state index is 0.121. The Morgan fingerprint density at radius 1 is 1.24 bits per heavy atom. The van der Waals surface area contributed by atoms with Crippen molar-refractivity contribution in [2.24, 2.45) is 0 Å². The van der Waals surface area contributed by atoms with Crippen molar-refractivity contribution in [2.45, 2.75) is 18.6 Å². The number of carbonyl (C=O) groups excluding carboxylic acids is 1. The van der Waals surface area contributed by atoms with E-state index in [1.807, 2.05) is 19.0 Å². The first-order valence-corrected chi connectivity index (χ1v) is 7.94. The fourth-order valence-corrected chi connectivity index (χ4v) is 3.04. The second kappa shape index (κ2) is 6.76. The number of benzene rings is 1. The third-order valence-electron chi connectivity index (χ3n) is 4.35. The number of carbonyl (C=O) groups is 1. The van der Waals surface area contributed by atoms with Crippen LogP contribution in [0.4, 0.5) is 14.5 Å². The van der Waals surface area contributed by atoms with Crippen LogP contribution >= 0.6 is 0 Å². The molecule has 0 spiro atoms. The number of halogens is 2. The summed E-state index contributed by atoms with van der Waals surface area (Å²) >= 11 is 0. The quantitative estimate of drug-likeness (QED) is 0.926. The highest BCUT2D eigenvalue weighted by atomic mass is 19.2. The summed E-state index contributed by atoms with van der Waals surface area (Å²) in [6.07, 6.45) is 1.09. The van der Waals surface area contributed by atoms with E-state index < -0.39 is 23.8 Å². The number of rotatable bonds is 3. The van der Waals surface area contributed by atoms with E-state index in [4.69, 9.17) is 0 Å². The molecule has 1 aromatic carbocycles. The van der Waals surface area contributed by atoms with Gasteiger partial charge in [0.2, 0.25) is 0 Å². The molecule has 2 atom stereocenters. The molecule has 1 amide bonds. The van der Waals surface area contributed by atoms with Gasteiger partial charge >= 0.3 is 0 Å². The van der Waals surface area contributed by atoms with Gasteiger partial charge in [-0.25, -0.2) is 8.78 Å². The van der Waals surface area contributed by atoms with Gasteiger partial charge in [0.25, 0.3) is 5.91 Å². The maximum absolute atomic E-state index is 13.6. The number of amides is 1. The van der Waals surface area contributed by atoms with E-state index in [9.17, 15) is 18.7 Å². The molecule has 7 heteroatoms. The number of aliphatic hydroxyl groups is 1. The predicted octanol–water partition coefficient (Wildman–Crippen LogP) is 2.37. The van der Waals surface area contributed by atoms with Crippen LogP contribution in [-0.2, 0) is 0 Å². The monoisotopic (exact) mass is 347 g/mol. The molecule has 0 aliphatic carbocycles. The fraction of sp³-hybridized carbons (Fsp3) is 0.333. The molecular weight excluding hydrogens is 328 g/mol. The van der Waals surface area contributed by atoms with Crippen LogP contribution in [0.2, 0.25) is 0 Å². The Labute approximate surface area is 144 Å². The molecule has 1 fully saturated rings. The maximum atomic E-state index is 13.6. The van der Waals surface area contributed by atoms with E-state index in [-0.39, 0.29) is 24.6 Å². The van der Waals surface area contributed by atoms with E-state index in [1.165, 1.54) is 11.0 Å². The lowest BCUT2D eigenvalue weighted by atomic mass is 10.0. The van der Waals surface area contributed by atoms with Gasteiger partial charge in [0.05, 0.1) is 12.1 Å². The molecule has 0 radical (unpaired) electrons. The van der Waals surface area contributed by atoms with Crippen molar-refractivity contribution in [3.05, 3.63) is 59.4 Å². The molecule has 0 bridgehead atoms. The van der Waals surface area contributed by atoms with Crippen LogP contribution in [0.25, 0.3) is 0 Å². The molecule has 1 aliphatic heterocycles. The van der Waals surface area contributed by atoms with Gasteiger partial charge in [-0.3, -0.25) is 9.78 Å². The molecule has 0 unspecified atom stereocenters. The summed E-state index contributed by atoms with van der Waals surface area (Å²) in [5.74, 6) is -2.27. The lowest BCUT2D eigenvalue weighted by Gasteiger charge is -2.25. The predicted molar refractivity (Wildman–Crippen MR) is 89.3 cm³/mol. The summed E-state index contributed by atoms with van der Waals surface area (Å²) < 4.78 is 26.7. The zero-order chi connectivity index (χ0) is 18.1. The van der Waals surface area contributed by atoms with Crippen molar-refractivity contribution >= 4 is 11.6 Å². The molecule has 0 saturated carbocycles. The summed E-state index contributed by atoms with van der Waals surface area (Å²) in [5, 5.41) is 10.0. The molecular formula is C18H19F2N3O2.